The molecule has 0 aliphatic carbocycles. The third-order valence-electron chi connectivity index (χ3n) is 3.22. The van der Waals surface area contributed by atoms with Crippen molar-refractivity contribution in [3.05, 3.63) is 84.8 Å². The Labute approximate surface area is 118 Å². The van der Waals surface area contributed by atoms with Gasteiger partial charge in [-0.3, -0.25) is 4.98 Å². The van der Waals surface area contributed by atoms with Crippen molar-refractivity contribution in [2.24, 2.45) is 0 Å². The quantitative estimate of drug-likeness (QED) is 0.726. The summed E-state index contributed by atoms with van der Waals surface area (Å²) in [6.07, 6.45) is 5.59. The minimum Gasteiger partial charge on any atom is -0.343 e. The number of pyridine rings is 1. The van der Waals surface area contributed by atoms with Crippen molar-refractivity contribution in [2.45, 2.75) is 5.92 Å². The molecule has 0 aliphatic rings. The molecule has 1 aromatic carbocycles. The molecule has 3 heteroatoms. The summed E-state index contributed by atoms with van der Waals surface area (Å²) in [5.74, 6) is 0.869. The zero-order valence-electron chi connectivity index (χ0n) is 11.0. The molecule has 1 unspecified atom stereocenters. The first kappa shape index (κ1) is 12.4. The number of imidazole rings is 1. The molecular formula is C17H15N3. The maximum atomic E-state index is 4.64. The van der Waals surface area contributed by atoms with Crippen LogP contribution in [-0.2, 0) is 0 Å². The highest BCUT2D eigenvalue weighted by molar-refractivity contribution is 5.49. The molecule has 0 spiro atoms. The van der Waals surface area contributed by atoms with Gasteiger partial charge >= 0.3 is 0 Å². The minimum atomic E-state index is 0.0879. The number of hydrogen-bond acceptors (Lipinski definition) is 2. The van der Waals surface area contributed by atoms with Gasteiger partial charge in [0.2, 0.25) is 0 Å². The van der Waals surface area contributed by atoms with E-state index in [1.165, 1.54) is 5.56 Å². The van der Waals surface area contributed by atoms with E-state index in [9.17, 15) is 0 Å². The maximum Gasteiger partial charge on any atom is 0.156 e. The van der Waals surface area contributed by atoms with Crippen molar-refractivity contribution in [1.82, 2.24) is 15.0 Å². The Balaban J connectivity index is 1.95. The van der Waals surface area contributed by atoms with Gasteiger partial charge in [-0.05, 0) is 17.7 Å². The Hall–Kier alpha value is -2.68. The summed E-state index contributed by atoms with van der Waals surface area (Å²) in [5, 5.41) is 0. The van der Waals surface area contributed by atoms with Crippen LogP contribution in [0.3, 0.4) is 0 Å². The third-order valence-corrected chi connectivity index (χ3v) is 3.22. The fraction of sp³-hybridized carbons (Fsp3) is 0.0588. The van der Waals surface area contributed by atoms with E-state index in [1.54, 1.807) is 6.20 Å². The highest BCUT2D eigenvalue weighted by Gasteiger charge is 2.14. The van der Waals surface area contributed by atoms with Crippen molar-refractivity contribution >= 4 is 0 Å². The van der Waals surface area contributed by atoms with Crippen LogP contribution >= 0.6 is 0 Å². The number of allylic oxidation sites excluding steroid dienone is 1. The first-order chi connectivity index (χ1) is 9.88. The lowest BCUT2D eigenvalue weighted by Crippen LogP contribution is -1.97. The maximum absolute atomic E-state index is 4.64. The molecule has 3 aromatic rings. The molecule has 0 fully saturated rings. The van der Waals surface area contributed by atoms with Crippen molar-refractivity contribution in [1.29, 1.82) is 0 Å². The monoisotopic (exact) mass is 261 g/mol. The van der Waals surface area contributed by atoms with Crippen LogP contribution in [0.5, 0.6) is 0 Å². The molecule has 3 nitrogen and oxygen atoms in total. The fourth-order valence-corrected chi connectivity index (χ4v) is 2.22. The van der Waals surface area contributed by atoms with Gasteiger partial charge in [0.1, 0.15) is 5.69 Å². The molecule has 0 aliphatic heterocycles. The molecule has 0 bridgehead atoms. The van der Waals surface area contributed by atoms with E-state index in [0.29, 0.717) is 0 Å². The lowest BCUT2D eigenvalue weighted by atomic mass is 9.96. The van der Waals surface area contributed by atoms with Crippen LogP contribution in [0.15, 0.2) is 73.6 Å². The average molecular weight is 261 g/mol. The van der Waals surface area contributed by atoms with Gasteiger partial charge in [-0.2, -0.15) is 0 Å². The standard InChI is InChI=1S/C17H15N3/c1-2-14(13-8-4-3-5-9-13)16-12-19-17(20-16)15-10-6-7-11-18-15/h2-12,14H,1H2,(H,19,20). The van der Waals surface area contributed by atoms with Crippen molar-refractivity contribution < 1.29 is 0 Å². The van der Waals surface area contributed by atoms with Gasteiger partial charge < -0.3 is 4.98 Å². The Bertz CT molecular complexity index is 687. The number of H-pyrrole nitrogens is 1. The predicted molar refractivity (Wildman–Crippen MR) is 80.3 cm³/mol. The van der Waals surface area contributed by atoms with Gasteiger partial charge in [-0.1, -0.05) is 42.5 Å². The number of rotatable bonds is 4. The van der Waals surface area contributed by atoms with Gasteiger partial charge in [-0.15, -0.1) is 6.58 Å². The number of aromatic amines is 1. The van der Waals surface area contributed by atoms with Crippen LogP contribution in [0.1, 0.15) is 17.2 Å². The molecule has 3 rings (SSSR count). The second-order valence-corrected chi connectivity index (χ2v) is 4.51. The predicted octanol–water partition coefficient (Wildman–Crippen LogP) is 3.79. The number of nitrogens with one attached hydrogen (secondary N) is 1. The van der Waals surface area contributed by atoms with Gasteiger partial charge in [0.25, 0.3) is 0 Å². The van der Waals surface area contributed by atoms with Gasteiger partial charge in [0, 0.05) is 18.3 Å². The van der Waals surface area contributed by atoms with Crippen LogP contribution in [0.2, 0.25) is 0 Å². The Morgan fingerprint density at radius 2 is 1.85 bits per heavy atom. The first-order valence-electron chi connectivity index (χ1n) is 6.52. The molecule has 0 saturated heterocycles. The molecule has 98 valence electrons. The lowest BCUT2D eigenvalue weighted by molar-refractivity contribution is 0.976. The summed E-state index contributed by atoms with van der Waals surface area (Å²) < 4.78 is 0. The first-order valence-corrected chi connectivity index (χ1v) is 6.52. The molecule has 1 atom stereocenters. The Morgan fingerprint density at radius 3 is 2.55 bits per heavy atom. The van der Waals surface area contributed by atoms with Gasteiger partial charge in [0.15, 0.2) is 5.82 Å². The second-order valence-electron chi connectivity index (χ2n) is 4.51. The van der Waals surface area contributed by atoms with Gasteiger partial charge in [-0.25, -0.2) is 4.98 Å². The molecular weight excluding hydrogens is 246 g/mol. The van der Waals surface area contributed by atoms with E-state index in [0.717, 1.165) is 17.2 Å². The molecule has 0 radical (unpaired) electrons. The van der Waals surface area contributed by atoms with E-state index in [4.69, 9.17) is 0 Å². The summed E-state index contributed by atoms with van der Waals surface area (Å²) in [6.45, 7) is 3.93. The summed E-state index contributed by atoms with van der Waals surface area (Å²) in [7, 11) is 0. The summed E-state index contributed by atoms with van der Waals surface area (Å²) >= 11 is 0. The van der Waals surface area contributed by atoms with Crippen LogP contribution in [0.4, 0.5) is 0 Å². The van der Waals surface area contributed by atoms with E-state index in [1.807, 2.05) is 48.7 Å². The smallest absolute Gasteiger partial charge is 0.156 e. The molecule has 20 heavy (non-hydrogen) atoms. The number of nitrogens with zero attached hydrogens (tertiary/aromatic N) is 2. The number of aromatic nitrogens is 3. The Morgan fingerprint density at radius 1 is 1.05 bits per heavy atom. The van der Waals surface area contributed by atoms with Gasteiger partial charge in [0.05, 0.1) is 5.69 Å². The van der Waals surface area contributed by atoms with Crippen LogP contribution in [0, 0.1) is 0 Å². The SMILES string of the molecule is C=CC(c1ccccc1)c1c[nH]c(-c2ccccn2)n1. The summed E-state index contributed by atoms with van der Waals surface area (Å²) in [4.78, 5) is 12.1. The summed E-state index contributed by atoms with van der Waals surface area (Å²) in [5.41, 5.74) is 2.98. The number of benzene rings is 1. The second kappa shape index (κ2) is 5.53. The van der Waals surface area contributed by atoms with E-state index >= 15 is 0 Å². The van der Waals surface area contributed by atoms with E-state index in [-0.39, 0.29) is 5.92 Å². The Kier molecular flexibility index (Phi) is 3.42. The normalized spacial score (nSPS) is 12.0. The average Bonchev–Trinajstić information content (AvgIpc) is 3.00. The molecule has 1 N–H and O–H groups in total. The van der Waals surface area contributed by atoms with Crippen LogP contribution in [0.25, 0.3) is 11.5 Å². The van der Waals surface area contributed by atoms with Crippen LogP contribution < -0.4 is 0 Å². The molecule has 2 aromatic heterocycles. The summed E-state index contributed by atoms with van der Waals surface area (Å²) in [6, 6.07) is 16.0. The zero-order chi connectivity index (χ0) is 13.8. The minimum absolute atomic E-state index is 0.0879. The molecule has 2 heterocycles. The van der Waals surface area contributed by atoms with Crippen molar-refractivity contribution in [2.75, 3.05) is 0 Å². The topological polar surface area (TPSA) is 41.6 Å². The zero-order valence-corrected chi connectivity index (χ0v) is 11.0. The van der Waals surface area contributed by atoms with Crippen molar-refractivity contribution in [3.8, 4) is 11.5 Å². The number of hydrogen-bond donors (Lipinski definition) is 1. The fourth-order valence-electron chi connectivity index (χ4n) is 2.22. The van der Waals surface area contributed by atoms with E-state index < -0.39 is 0 Å². The highest BCUT2D eigenvalue weighted by Crippen LogP contribution is 2.25. The molecule has 0 saturated carbocycles. The highest BCUT2D eigenvalue weighted by atomic mass is 14.9. The van der Waals surface area contributed by atoms with E-state index in [2.05, 4.69) is 33.7 Å². The largest absolute Gasteiger partial charge is 0.343 e. The molecule has 0 amide bonds. The van der Waals surface area contributed by atoms with Crippen molar-refractivity contribution in [3.63, 3.8) is 0 Å². The van der Waals surface area contributed by atoms with Crippen LogP contribution in [-0.4, -0.2) is 15.0 Å². The third kappa shape index (κ3) is 2.38. The lowest BCUT2D eigenvalue weighted by Gasteiger charge is -2.09.